The predicted octanol–water partition coefficient (Wildman–Crippen LogP) is 2.81. The van der Waals surface area contributed by atoms with Crippen molar-refractivity contribution in [2.24, 2.45) is 0 Å². The Labute approximate surface area is 124 Å². The summed E-state index contributed by atoms with van der Waals surface area (Å²) in [5.74, 6) is -0.817. The lowest BCUT2D eigenvalue weighted by Crippen LogP contribution is -2.36. The van der Waals surface area contributed by atoms with Crippen LogP contribution in [0, 0.1) is 0 Å². The van der Waals surface area contributed by atoms with E-state index in [0.717, 1.165) is 12.8 Å². The molecule has 1 aromatic rings. The topological polar surface area (TPSA) is 52.6 Å². The Morgan fingerprint density at radius 1 is 1.33 bits per heavy atom. The second kappa shape index (κ2) is 6.57. The Kier molecular flexibility index (Phi) is 4.78. The van der Waals surface area contributed by atoms with E-state index in [1.165, 1.54) is 11.8 Å². The summed E-state index contributed by atoms with van der Waals surface area (Å²) in [7, 11) is 0. The SMILES string of the molecule is CCOC(=O)C1=COC(C)(CCc2ccccc2)CC1=O. The number of hydrogen-bond acceptors (Lipinski definition) is 4. The molecule has 1 heterocycles. The third kappa shape index (κ3) is 3.94. The highest BCUT2D eigenvalue weighted by atomic mass is 16.5. The minimum absolute atomic E-state index is 0.00837. The average molecular weight is 288 g/mol. The molecule has 0 aliphatic carbocycles. The summed E-state index contributed by atoms with van der Waals surface area (Å²) in [6, 6.07) is 10.1. The van der Waals surface area contributed by atoms with Crippen LogP contribution in [0.15, 0.2) is 42.2 Å². The van der Waals surface area contributed by atoms with Crippen molar-refractivity contribution in [2.75, 3.05) is 6.61 Å². The second-order valence-electron chi connectivity index (χ2n) is 5.41. The first-order valence-corrected chi connectivity index (χ1v) is 7.16. The Bertz CT molecular complexity index is 547. The van der Waals surface area contributed by atoms with Gasteiger partial charge in [-0.3, -0.25) is 4.79 Å². The Morgan fingerprint density at radius 3 is 2.67 bits per heavy atom. The van der Waals surface area contributed by atoms with Gasteiger partial charge in [0.1, 0.15) is 17.4 Å². The smallest absolute Gasteiger partial charge is 0.344 e. The summed E-state index contributed by atoms with van der Waals surface area (Å²) in [5, 5.41) is 0. The maximum absolute atomic E-state index is 12.1. The Balaban J connectivity index is 1.99. The maximum atomic E-state index is 12.1. The van der Waals surface area contributed by atoms with E-state index >= 15 is 0 Å². The number of aryl methyl sites for hydroxylation is 1. The van der Waals surface area contributed by atoms with Crippen LogP contribution in [0.25, 0.3) is 0 Å². The van der Waals surface area contributed by atoms with Gasteiger partial charge in [0.2, 0.25) is 0 Å². The Morgan fingerprint density at radius 2 is 2.05 bits per heavy atom. The minimum atomic E-state index is -0.604. The van der Waals surface area contributed by atoms with E-state index in [0.29, 0.717) is 0 Å². The standard InChI is InChI=1S/C17H20O4/c1-3-20-16(19)14-12-21-17(2,11-15(14)18)10-9-13-7-5-4-6-8-13/h4-8,12H,3,9-11H2,1-2H3. The van der Waals surface area contributed by atoms with Gasteiger partial charge in [0.15, 0.2) is 5.78 Å². The zero-order valence-corrected chi connectivity index (χ0v) is 12.4. The van der Waals surface area contributed by atoms with Crippen molar-refractivity contribution in [3.63, 3.8) is 0 Å². The van der Waals surface area contributed by atoms with Crippen LogP contribution in [0.4, 0.5) is 0 Å². The molecule has 4 heteroatoms. The molecule has 0 bridgehead atoms. The first kappa shape index (κ1) is 15.3. The number of carbonyl (C=O) groups is 2. The first-order valence-electron chi connectivity index (χ1n) is 7.16. The highest BCUT2D eigenvalue weighted by Gasteiger charge is 2.36. The molecule has 0 fully saturated rings. The summed E-state index contributed by atoms with van der Waals surface area (Å²) in [5.41, 5.74) is 0.645. The molecule has 2 rings (SSSR count). The van der Waals surface area contributed by atoms with Gasteiger partial charge in [-0.1, -0.05) is 30.3 Å². The minimum Gasteiger partial charge on any atom is -0.494 e. The maximum Gasteiger partial charge on any atom is 0.344 e. The zero-order valence-electron chi connectivity index (χ0n) is 12.4. The van der Waals surface area contributed by atoms with E-state index in [1.54, 1.807) is 6.92 Å². The van der Waals surface area contributed by atoms with Crippen LogP contribution in [-0.4, -0.2) is 24.0 Å². The highest BCUT2D eigenvalue weighted by Crippen LogP contribution is 2.29. The summed E-state index contributed by atoms with van der Waals surface area (Å²) in [4.78, 5) is 23.7. The van der Waals surface area contributed by atoms with E-state index in [2.05, 4.69) is 0 Å². The number of esters is 1. The highest BCUT2D eigenvalue weighted by molar-refractivity contribution is 6.17. The number of benzene rings is 1. The van der Waals surface area contributed by atoms with Gasteiger partial charge in [0.25, 0.3) is 0 Å². The zero-order chi connectivity index (χ0) is 15.3. The molecule has 0 saturated carbocycles. The lowest BCUT2D eigenvalue weighted by molar-refractivity contribution is -0.142. The molecular weight excluding hydrogens is 268 g/mol. The van der Waals surface area contributed by atoms with E-state index in [9.17, 15) is 9.59 Å². The lowest BCUT2D eigenvalue weighted by atomic mass is 9.88. The molecule has 1 aromatic carbocycles. The van der Waals surface area contributed by atoms with Crippen LogP contribution in [0.5, 0.6) is 0 Å². The van der Waals surface area contributed by atoms with Crippen molar-refractivity contribution >= 4 is 11.8 Å². The van der Waals surface area contributed by atoms with Crippen LogP contribution < -0.4 is 0 Å². The number of hydrogen-bond donors (Lipinski definition) is 0. The van der Waals surface area contributed by atoms with Crippen molar-refractivity contribution in [1.82, 2.24) is 0 Å². The summed E-state index contributed by atoms with van der Waals surface area (Å²) in [6.45, 7) is 3.84. The molecule has 4 nitrogen and oxygen atoms in total. The van der Waals surface area contributed by atoms with E-state index < -0.39 is 11.6 Å². The van der Waals surface area contributed by atoms with Crippen LogP contribution in [0.3, 0.4) is 0 Å². The van der Waals surface area contributed by atoms with Gasteiger partial charge < -0.3 is 9.47 Å². The first-order chi connectivity index (χ1) is 10.0. The van der Waals surface area contributed by atoms with Crippen molar-refractivity contribution in [3.05, 3.63) is 47.7 Å². The number of carbonyl (C=O) groups excluding carboxylic acids is 2. The van der Waals surface area contributed by atoms with E-state index in [-0.39, 0.29) is 24.4 Å². The van der Waals surface area contributed by atoms with Crippen LogP contribution in [-0.2, 0) is 25.5 Å². The fourth-order valence-corrected chi connectivity index (χ4v) is 2.31. The van der Waals surface area contributed by atoms with E-state index in [1.807, 2.05) is 37.3 Å². The van der Waals surface area contributed by atoms with Crippen molar-refractivity contribution in [1.29, 1.82) is 0 Å². The molecule has 1 unspecified atom stereocenters. The molecule has 1 aliphatic rings. The molecule has 0 N–H and O–H groups in total. The normalized spacial score (nSPS) is 21.4. The van der Waals surface area contributed by atoms with Crippen molar-refractivity contribution < 1.29 is 19.1 Å². The largest absolute Gasteiger partial charge is 0.494 e. The molecule has 1 atom stereocenters. The molecule has 1 aliphatic heterocycles. The van der Waals surface area contributed by atoms with Crippen LogP contribution in [0.2, 0.25) is 0 Å². The van der Waals surface area contributed by atoms with Gasteiger partial charge in [-0.2, -0.15) is 0 Å². The van der Waals surface area contributed by atoms with Crippen LogP contribution >= 0.6 is 0 Å². The molecule has 21 heavy (non-hydrogen) atoms. The molecule has 0 aromatic heterocycles. The third-order valence-corrected chi connectivity index (χ3v) is 3.58. The number of ketones is 1. The van der Waals surface area contributed by atoms with E-state index in [4.69, 9.17) is 9.47 Å². The molecule has 0 amide bonds. The van der Waals surface area contributed by atoms with Gasteiger partial charge in [-0.25, -0.2) is 4.79 Å². The van der Waals surface area contributed by atoms with Gasteiger partial charge in [0, 0.05) is 0 Å². The van der Waals surface area contributed by atoms with Crippen molar-refractivity contribution in [3.8, 4) is 0 Å². The summed E-state index contributed by atoms with van der Waals surface area (Å²) >= 11 is 0. The molecule has 0 spiro atoms. The molecule has 112 valence electrons. The molecule has 0 radical (unpaired) electrons. The van der Waals surface area contributed by atoms with Crippen LogP contribution in [0.1, 0.15) is 32.3 Å². The quantitative estimate of drug-likeness (QED) is 0.617. The fourth-order valence-electron chi connectivity index (χ4n) is 2.31. The molecular formula is C17H20O4. The number of ether oxygens (including phenoxy) is 2. The summed E-state index contributed by atoms with van der Waals surface area (Å²) < 4.78 is 10.5. The van der Waals surface area contributed by atoms with Gasteiger partial charge >= 0.3 is 5.97 Å². The number of rotatable bonds is 5. The Hall–Kier alpha value is -2.10. The summed E-state index contributed by atoms with van der Waals surface area (Å²) in [6.07, 6.45) is 3.00. The van der Waals surface area contributed by atoms with Gasteiger partial charge in [-0.15, -0.1) is 0 Å². The second-order valence-corrected chi connectivity index (χ2v) is 5.41. The number of Topliss-reactive ketones (excluding diaryl/α,β-unsaturated/α-hetero) is 1. The predicted molar refractivity (Wildman–Crippen MR) is 78.6 cm³/mol. The third-order valence-electron chi connectivity index (χ3n) is 3.58. The van der Waals surface area contributed by atoms with Gasteiger partial charge in [0.05, 0.1) is 13.0 Å². The molecule has 0 saturated heterocycles. The monoisotopic (exact) mass is 288 g/mol. The average Bonchev–Trinajstić information content (AvgIpc) is 2.46. The fraction of sp³-hybridized carbons (Fsp3) is 0.412. The lowest BCUT2D eigenvalue weighted by Gasteiger charge is -2.32. The van der Waals surface area contributed by atoms with Crippen molar-refractivity contribution in [2.45, 2.75) is 38.7 Å². The van der Waals surface area contributed by atoms with Gasteiger partial charge in [-0.05, 0) is 32.3 Å².